The number of allylic oxidation sites excluding steroid dienone is 4. The molecule has 0 aliphatic heterocycles. The smallest absolute Gasteiger partial charge is 0.412 e. The zero-order valence-corrected chi connectivity index (χ0v) is 9.55. The van der Waals surface area contributed by atoms with Crippen LogP contribution in [-0.2, 0) is 4.43 Å². The molecule has 0 amide bonds. The van der Waals surface area contributed by atoms with Gasteiger partial charge in [0.25, 0.3) is 9.76 Å². The molecule has 10 heavy (non-hydrogen) atoms. The SMILES string of the molecule is CCO[Si]C1=CC=CC1.[Na+]. The molecule has 2 radical (unpaired) electrons. The molecule has 0 bridgehead atoms. The summed E-state index contributed by atoms with van der Waals surface area (Å²) in [5.41, 5.74) is 0. The van der Waals surface area contributed by atoms with Gasteiger partial charge in [0.05, 0.1) is 0 Å². The molecule has 48 valence electrons. The van der Waals surface area contributed by atoms with E-state index >= 15 is 0 Å². The van der Waals surface area contributed by atoms with E-state index in [-0.39, 0.29) is 29.6 Å². The predicted octanol–water partition coefficient (Wildman–Crippen LogP) is -1.51. The van der Waals surface area contributed by atoms with Crippen LogP contribution in [0, 0.1) is 0 Å². The van der Waals surface area contributed by atoms with E-state index < -0.39 is 0 Å². The second kappa shape index (κ2) is 6.37. The van der Waals surface area contributed by atoms with Crippen LogP contribution in [0.2, 0.25) is 0 Å². The molecule has 0 fully saturated rings. The first kappa shape index (κ1) is 10.7. The molecule has 0 atom stereocenters. The van der Waals surface area contributed by atoms with Gasteiger partial charge in [-0.05, 0) is 13.3 Å². The van der Waals surface area contributed by atoms with Gasteiger partial charge in [-0.15, -0.1) is 0 Å². The molecule has 3 heteroatoms. The second-order valence-corrected chi connectivity index (χ2v) is 2.99. The number of hydrogen-bond donors (Lipinski definition) is 0. The van der Waals surface area contributed by atoms with E-state index in [0.717, 1.165) is 13.0 Å². The fraction of sp³-hybridized carbons (Fsp3) is 0.429. The monoisotopic (exact) mass is 161 g/mol. The maximum atomic E-state index is 5.24. The van der Waals surface area contributed by atoms with E-state index in [1.54, 1.807) is 0 Å². The van der Waals surface area contributed by atoms with E-state index in [1.165, 1.54) is 5.20 Å². The topological polar surface area (TPSA) is 9.23 Å². The molecule has 0 aromatic heterocycles. The first-order valence-electron chi connectivity index (χ1n) is 3.17. The molecule has 0 aromatic rings. The Morgan fingerprint density at radius 1 is 1.70 bits per heavy atom. The Balaban J connectivity index is 0.000000810. The van der Waals surface area contributed by atoms with Crippen LogP contribution in [0.5, 0.6) is 0 Å². The first-order chi connectivity index (χ1) is 4.43. The van der Waals surface area contributed by atoms with Crippen molar-refractivity contribution in [3.63, 3.8) is 0 Å². The predicted molar refractivity (Wildman–Crippen MR) is 39.2 cm³/mol. The van der Waals surface area contributed by atoms with Crippen molar-refractivity contribution in [2.24, 2.45) is 0 Å². The van der Waals surface area contributed by atoms with Gasteiger partial charge in [-0.25, -0.2) is 0 Å². The van der Waals surface area contributed by atoms with Crippen LogP contribution in [0.1, 0.15) is 13.3 Å². The molecular formula is C7H10NaOSi+. The summed E-state index contributed by atoms with van der Waals surface area (Å²) < 4.78 is 5.24. The van der Waals surface area contributed by atoms with Crippen molar-refractivity contribution < 1.29 is 34.0 Å². The Kier molecular flexibility index (Phi) is 6.79. The third-order valence-corrected chi connectivity index (χ3v) is 2.18. The van der Waals surface area contributed by atoms with E-state index in [1.807, 2.05) is 6.92 Å². The van der Waals surface area contributed by atoms with Gasteiger partial charge in [0.15, 0.2) is 0 Å². The summed E-state index contributed by atoms with van der Waals surface area (Å²) in [6.07, 6.45) is 7.47. The molecule has 0 aromatic carbocycles. The van der Waals surface area contributed by atoms with Crippen LogP contribution < -0.4 is 29.6 Å². The third-order valence-electron chi connectivity index (χ3n) is 1.12. The summed E-state index contributed by atoms with van der Waals surface area (Å²) in [6.45, 7) is 2.85. The van der Waals surface area contributed by atoms with Gasteiger partial charge in [0, 0.05) is 6.61 Å². The van der Waals surface area contributed by atoms with E-state index in [9.17, 15) is 0 Å². The summed E-state index contributed by atoms with van der Waals surface area (Å²) in [5, 5.41) is 1.41. The van der Waals surface area contributed by atoms with E-state index in [0.29, 0.717) is 9.76 Å². The molecule has 0 spiro atoms. The fourth-order valence-corrected chi connectivity index (χ4v) is 1.38. The first-order valence-corrected chi connectivity index (χ1v) is 4.08. The standard InChI is InChI=1S/C7H10OSi.Na/c1-2-8-9-7-5-3-4-6-7;/h3-5H,2,6H2,1H3;/q;+1. The maximum Gasteiger partial charge on any atom is 1.00 e. The number of rotatable bonds is 3. The molecule has 0 heterocycles. The number of hydrogen-bond acceptors (Lipinski definition) is 1. The molecular weight excluding hydrogens is 151 g/mol. The van der Waals surface area contributed by atoms with Gasteiger partial charge in [0.1, 0.15) is 0 Å². The Bertz CT molecular complexity index is 143. The molecule has 1 aliphatic rings. The van der Waals surface area contributed by atoms with Crippen molar-refractivity contribution >= 4 is 9.76 Å². The summed E-state index contributed by atoms with van der Waals surface area (Å²) in [4.78, 5) is 0. The molecule has 1 rings (SSSR count). The minimum absolute atomic E-state index is 0. The van der Waals surface area contributed by atoms with Crippen molar-refractivity contribution in [3.8, 4) is 0 Å². The van der Waals surface area contributed by atoms with Crippen LogP contribution in [0.4, 0.5) is 0 Å². The van der Waals surface area contributed by atoms with Crippen LogP contribution in [0.25, 0.3) is 0 Å². The summed E-state index contributed by atoms with van der Waals surface area (Å²) in [5.74, 6) is 0. The largest absolute Gasteiger partial charge is 1.00 e. The average Bonchev–Trinajstić information content (AvgIpc) is 2.34. The fourth-order valence-electron chi connectivity index (χ4n) is 0.688. The molecule has 0 N–H and O–H groups in total. The third kappa shape index (κ3) is 3.74. The van der Waals surface area contributed by atoms with Crippen molar-refractivity contribution in [1.82, 2.24) is 0 Å². The van der Waals surface area contributed by atoms with Gasteiger partial charge in [-0.1, -0.05) is 23.4 Å². The molecule has 0 unspecified atom stereocenters. The normalized spacial score (nSPS) is 14.7. The van der Waals surface area contributed by atoms with Gasteiger partial charge in [0.2, 0.25) is 0 Å². The van der Waals surface area contributed by atoms with Crippen molar-refractivity contribution in [2.75, 3.05) is 6.61 Å². The summed E-state index contributed by atoms with van der Waals surface area (Å²) in [6, 6.07) is 0. The van der Waals surface area contributed by atoms with Crippen molar-refractivity contribution in [1.29, 1.82) is 0 Å². The van der Waals surface area contributed by atoms with E-state index in [4.69, 9.17) is 4.43 Å². The Labute approximate surface area is 86.8 Å². The molecule has 1 nitrogen and oxygen atoms in total. The molecule has 0 saturated heterocycles. The van der Waals surface area contributed by atoms with Gasteiger partial charge in [-0.2, -0.15) is 0 Å². The summed E-state index contributed by atoms with van der Waals surface area (Å²) >= 11 is 0. The van der Waals surface area contributed by atoms with Gasteiger partial charge < -0.3 is 4.43 Å². The second-order valence-electron chi connectivity index (χ2n) is 1.86. The van der Waals surface area contributed by atoms with Crippen LogP contribution in [0.3, 0.4) is 0 Å². The Morgan fingerprint density at radius 3 is 3.00 bits per heavy atom. The average molecular weight is 161 g/mol. The van der Waals surface area contributed by atoms with Crippen molar-refractivity contribution in [2.45, 2.75) is 13.3 Å². The van der Waals surface area contributed by atoms with Crippen molar-refractivity contribution in [3.05, 3.63) is 23.4 Å². The van der Waals surface area contributed by atoms with Gasteiger partial charge in [-0.3, -0.25) is 0 Å². The molecule has 0 saturated carbocycles. The van der Waals surface area contributed by atoms with Crippen LogP contribution >= 0.6 is 0 Å². The summed E-state index contributed by atoms with van der Waals surface area (Å²) in [7, 11) is 0.584. The van der Waals surface area contributed by atoms with E-state index in [2.05, 4.69) is 18.2 Å². The Hall–Kier alpha value is 0.657. The quantitative estimate of drug-likeness (QED) is 0.457. The maximum absolute atomic E-state index is 5.24. The molecule has 1 aliphatic carbocycles. The van der Waals surface area contributed by atoms with Gasteiger partial charge >= 0.3 is 29.6 Å². The van der Waals surface area contributed by atoms with Crippen LogP contribution in [0.15, 0.2) is 23.4 Å². The minimum atomic E-state index is 0. The zero-order chi connectivity index (χ0) is 6.53. The van der Waals surface area contributed by atoms with Crippen LogP contribution in [-0.4, -0.2) is 16.4 Å². The Morgan fingerprint density at radius 2 is 2.50 bits per heavy atom. The minimum Gasteiger partial charge on any atom is -0.412 e. The zero-order valence-electron chi connectivity index (χ0n) is 6.55.